The summed E-state index contributed by atoms with van der Waals surface area (Å²) < 4.78 is 0. The van der Waals surface area contributed by atoms with Crippen molar-refractivity contribution in [2.45, 2.75) is 44.1 Å². The Morgan fingerprint density at radius 3 is 2.48 bits per heavy atom. The quantitative estimate of drug-likeness (QED) is 0.521. The molecule has 154 valence electrons. The van der Waals surface area contributed by atoms with Gasteiger partial charge in [-0.05, 0) is 61.3 Å². The third kappa shape index (κ3) is 6.08. The first-order chi connectivity index (χ1) is 14.2. The molecule has 0 bridgehead atoms. The van der Waals surface area contributed by atoms with Crippen LogP contribution in [0, 0.1) is 0 Å². The molecule has 2 aromatic rings. The second-order valence-corrected chi connectivity index (χ2v) is 7.63. The molecular formula is C24H32N4O. The van der Waals surface area contributed by atoms with Gasteiger partial charge >= 0.3 is 0 Å². The number of aliphatic imine (C=N–C) groups is 1. The average molecular weight is 393 g/mol. The second kappa shape index (κ2) is 10.6. The number of hydrogen-bond acceptors (Lipinski definition) is 2. The Labute approximate surface area is 174 Å². The number of nitrogens with zero attached hydrogens (tertiary/aromatic N) is 1. The summed E-state index contributed by atoms with van der Waals surface area (Å²) in [5.41, 5.74) is 3.30. The van der Waals surface area contributed by atoms with Gasteiger partial charge in [-0.2, -0.15) is 0 Å². The lowest BCUT2D eigenvalue weighted by atomic mass is 9.82. The predicted molar refractivity (Wildman–Crippen MR) is 119 cm³/mol. The fourth-order valence-corrected chi connectivity index (χ4v) is 4.02. The van der Waals surface area contributed by atoms with Gasteiger partial charge in [0.2, 0.25) is 0 Å². The molecular weight excluding hydrogens is 360 g/mol. The summed E-state index contributed by atoms with van der Waals surface area (Å²) in [6.07, 6.45) is 5.59. The molecule has 0 spiro atoms. The van der Waals surface area contributed by atoms with Crippen LogP contribution >= 0.6 is 0 Å². The van der Waals surface area contributed by atoms with Gasteiger partial charge in [0.25, 0.3) is 5.91 Å². The zero-order valence-electron chi connectivity index (χ0n) is 17.4. The molecule has 0 saturated heterocycles. The summed E-state index contributed by atoms with van der Waals surface area (Å²) in [6, 6.07) is 19.1. The number of carbonyl (C=O) groups excluding carboxylic acids is 1. The lowest BCUT2D eigenvalue weighted by molar-refractivity contribution is 0.0963. The molecule has 0 aliphatic heterocycles. The molecule has 0 heterocycles. The van der Waals surface area contributed by atoms with Crippen LogP contribution in [0.4, 0.5) is 0 Å². The van der Waals surface area contributed by atoms with Gasteiger partial charge in [-0.1, -0.05) is 42.5 Å². The predicted octanol–water partition coefficient (Wildman–Crippen LogP) is 3.48. The van der Waals surface area contributed by atoms with E-state index >= 15 is 0 Å². The normalized spacial score (nSPS) is 19.4. The molecule has 0 aromatic heterocycles. The Morgan fingerprint density at radius 1 is 1.03 bits per heavy atom. The molecule has 1 saturated carbocycles. The van der Waals surface area contributed by atoms with Gasteiger partial charge in [-0.25, -0.2) is 0 Å². The Hall–Kier alpha value is -2.82. The van der Waals surface area contributed by atoms with Crippen LogP contribution in [0.25, 0.3) is 0 Å². The molecule has 1 aliphatic carbocycles. The third-order valence-corrected chi connectivity index (χ3v) is 5.68. The molecule has 3 N–H and O–H groups in total. The van der Waals surface area contributed by atoms with E-state index < -0.39 is 0 Å². The van der Waals surface area contributed by atoms with Gasteiger partial charge < -0.3 is 16.0 Å². The largest absolute Gasteiger partial charge is 0.356 e. The van der Waals surface area contributed by atoms with Gasteiger partial charge in [-0.15, -0.1) is 0 Å². The van der Waals surface area contributed by atoms with Crippen molar-refractivity contribution >= 4 is 11.9 Å². The molecule has 29 heavy (non-hydrogen) atoms. The lowest BCUT2D eigenvalue weighted by Crippen LogP contribution is -2.45. The first kappa shape index (κ1) is 20.9. The SMILES string of the molecule is CN=C(NCCc1cccc(C(=O)NC)c1)NC1CCC(c2ccccc2)CC1. The maximum absolute atomic E-state index is 11.8. The maximum atomic E-state index is 11.8. The van der Waals surface area contributed by atoms with E-state index in [9.17, 15) is 4.79 Å². The summed E-state index contributed by atoms with van der Waals surface area (Å²) in [6.45, 7) is 0.774. The van der Waals surface area contributed by atoms with Crippen LogP contribution < -0.4 is 16.0 Å². The van der Waals surface area contributed by atoms with E-state index in [4.69, 9.17) is 0 Å². The maximum Gasteiger partial charge on any atom is 0.251 e. The summed E-state index contributed by atoms with van der Waals surface area (Å²) in [4.78, 5) is 16.2. The number of hydrogen-bond donors (Lipinski definition) is 3. The summed E-state index contributed by atoms with van der Waals surface area (Å²) in [7, 11) is 3.47. The van der Waals surface area contributed by atoms with Crippen molar-refractivity contribution in [1.82, 2.24) is 16.0 Å². The molecule has 1 amide bonds. The van der Waals surface area contributed by atoms with Crippen molar-refractivity contribution in [3.05, 3.63) is 71.3 Å². The summed E-state index contributed by atoms with van der Waals surface area (Å²) in [5.74, 6) is 1.48. The van der Waals surface area contributed by atoms with Crippen LogP contribution in [0.15, 0.2) is 59.6 Å². The highest BCUT2D eigenvalue weighted by Crippen LogP contribution is 2.32. The summed E-state index contributed by atoms with van der Waals surface area (Å²) >= 11 is 0. The molecule has 2 aromatic carbocycles. The molecule has 0 unspecified atom stereocenters. The van der Waals surface area contributed by atoms with E-state index in [0.717, 1.165) is 37.3 Å². The van der Waals surface area contributed by atoms with E-state index in [1.54, 1.807) is 7.05 Å². The number of rotatable bonds is 6. The van der Waals surface area contributed by atoms with Crippen molar-refractivity contribution in [3.63, 3.8) is 0 Å². The van der Waals surface area contributed by atoms with Gasteiger partial charge in [-0.3, -0.25) is 9.79 Å². The number of guanidine groups is 1. The Morgan fingerprint density at radius 2 is 1.79 bits per heavy atom. The van der Waals surface area contributed by atoms with E-state index in [1.807, 2.05) is 25.2 Å². The highest BCUT2D eigenvalue weighted by Gasteiger charge is 2.22. The van der Waals surface area contributed by atoms with Crippen molar-refractivity contribution in [3.8, 4) is 0 Å². The molecule has 3 rings (SSSR count). The topological polar surface area (TPSA) is 65.5 Å². The number of nitrogens with one attached hydrogen (secondary N) is 3. The second-order valence-electron chi connectivity index (χ2n) is 7.63. The molecule has 0 atom stereocenters. The Kier molecular flexibility index (Phi) is 7.68. The number of carbonyl (C=O) groups is 1. The smallest absolute Gasteiger partial charge is 0.251 e. The lowest BCUT2D eigenvalue weighted by Gasteiger charge is -2.30. The molecule has 1 aliphatic rings. The molecule has 1 fully saturated rings. The van der Waals surface area contributed by atoms with Crippen molar-refractivity contribution < 1.29 is 4.79 Å². The first-order valence-corrected chi connectivity index (χ1v) is 10.5. The minimum absolute atomic E-state index is 0.0524. The van der Waals surface area contributed by atoms with Crippen LogP contribution in [0.5, 0.6) is 0 Å². The van der Waals surface area contributed by atoms with Crippen molar-refractivity contribution in [2.75, 3.05) is 20.6 Å². The number of amides is 1. The Balaban J connectivity index is 1.43. The zero-order chi connectivity index (χ0) is 20.5. The van der Waals surface area contributed by atoms with Crippen LogP contribution in [-0.4, -0.2) is 38.5 Å². The van der Waals surface area contributed by atoms with E-state index in [-0.39, 0.29) is 5.91 Å². The minimum atomic E-state index is -0.0524. The average Bonchev–Trinajstić information content (AvgIpc) is 2.79. The van der Waals surface area contributed by atoms with Crippen LogP contribution in [0.2, 0.25) is 0 Å². The van der Waals surface area contributed by atoms with Gasteiger partial charge in [0.1, 0.15) is 0 Å². The minimum Gasteiger partial charge on any atom is -0.356 e. The van der Waals surface area contributed by atoms with E-state index in [1.165, 1.54) is 18.4 Å². The molecule has 5 nitrogen and oxygen atoms in total. The monoisotopic (exact) mass is 392 g/mol. The van der Waals surface area contributed by atoms with E-state index in [0.29, 0.717) is 17.5 Å². The fraction of sp³-hybridized carbons (Fsp3) is 0.417. The van der Waals surface area contributed by atoms with E-state index in [2.05, 4.69) is 57.3 Å². The van der Waals surface area contributed by atoms with Crippen LogP contribution in [0.3, 0.4) is 0 Å². The fourth-order valence-electron chi connectivity index (χ4n) is 4.02. The highest BCUT2D eigenvalue weighted by atomic mass is 16.1. The number of benzene rings is 2. The Bertz CT molecular complexity index is 811. The standard InChI is InChI=1S/C24H32N4O/c1-25-23(29)21-10-6-7-18(17-21)15-16-27-24(26-2)28-22-13-11-20(12-14-22)19-8-4-3-5-9-19/h3-10,17,20,22H,11-16H2,1-2H3,(H,25,29)(H2,26,27,28). The summed E-state index contributed by atoms with van der Waals surface area (Å²) in [5, 5.41) is 9.65. The van der Waals surface area contributed by atoms with Gasteiger partial charge in [0.15, 0.2) is 5.96 Å². The van der Waals surface area contributed by atoms with Crippen molar-refractivity contribution in [1.29, 1.82) is 0 Å². The van der Waals surface area contributed by atoms with Crippen molar-refractivity contribution in [2.24, 2.45) is 4.99 Å². The third-order valence-electron chi connectivity index (χ3n) is 5.68. The van der Waals surface area contributed by atoms with Gasteiger partial charge in [0, 0.05) is 32.2 Å². The first-order valence-electron chi connectivity index (χ1n) is 10.5. The van der Waals surface area contributed by atoms with Crippen LogP contribution in [-0.2, 0) is 6.42 Å². The molecule has 0 radical (unpaired) electrons. The van der Waals surface area contributed by atoms with Gasteiger partial charge in [0.05, 0.1) is 0 Å². The molecule has 5 heteroatoms. The zero-order valence-corrected chi connectivity index (χ0v) is 17.4. The van der Waals surface area contributed by atoms with Crippen LogP contribution in [0.1, 0.15) is 53.1 Å². The highest BCUT2D eigenvalue weighted by molar-refractivity contribution is 5.94.